The Morgan fingerprint density at radius 3 is 2.32 bits per heavy atom. The van der Waals surface area contributed by atoms with Gasteiger partial charge in [-0.3, -0.25) is 4.79 Å². The van der Waals surface area contributed by atoms with Crippen molar-refractivity contribution in [3.05, 3.63) is 72.8 Å². The molecule has 1 atom stereocenters. The number of carbonyl (C=O) groups excluding carboxylic acids is 1. The third kappa shape index (κ3) is 2.82. The van der Waals surface area contributed by atoms with Gasteiger partial charge in [-0.1, -0.05) is 60.7 Å². The Kier molecular flexibility index (Phi) is 4.10. The zero-order chi connectivity index (χ0) is 15.4. The number of ether oxygens (including phenoxy) is 1. The number of hydrogen-bond acceptors (Lipinski definition) is 2. The Morgan fingerprint density at radius 2 is 1.73 bits per heavy atom. The fourth-order valence-corrected chi connectivity index (χ4v) is 3.13. The standard InChI is InChI=1S/C20H20O2/c1-2-12-20(13-14-22-19(20)21)15-16-8-10-18(11-9-16)17-6-4-3-5-7-17/h2-11H,1,12-15H2. The Balaban J connectivity index is 1.81. The lowest BCUT2D eigenvalue weighted by Gasteiger charge is -2.23. The van der Waals surface area contributed by atoms with Crippen molar-refractivity contribution in [1.29, 1.82) is 0 Å². The van der Waals surface area contributed by atoms with E-state index in [-0.39, 0.29) is 5.97 Å². The van der Waals surface area contributed by atoms with E-state index in [2.05, 4.69) is 43.0 Å². The number of carbonyl (C=O) groups is 1. The molecule has 0 aliphatic carbocycles. The molecule has 0 bridgehead atoms. The highest BCUT2D eigenvalue weighted by Crippen LogP contribution is 2.38. The summed E-state index contributed by atoms with van der Waals surface area (Å²) >= 11 is 0. The van der Waals surface area contributed by atoms with Crippen LogP contribution >= 0.6 is 0 Å². The molecule has 0 N–H and O–H groups in total. The van der Waals surface area contributed by atoms with Gasteiger partial charge in [-0.2, -0.15) is 0 Å². The van der Waals surface area contributed by atoms with E-state index in [1.807, 2.05) is 24.3 Å². The molecular weight excluding hydrogens is 272 g/mol. The van der Waals surface area contributed by atoms with Crippen LogP contribution in [0.3, 0.4) is 0 Å². The van der Waals surface area contributed by atoms with Gasteiger partial charge in [0.2, 0.25) is 0 Å². The van der Waals surface area contributed by atoms with Gasteiger partial charge in [-0.15, -0.1) is 6.58 Å². The first-order valence-electron chi connectivity index (χ1n) is 7.66. The van der Waals surface area contributed by atoms with Crippen molar-refractivity contribution in [3.8, 4) is 11.1 Å². The molecule has 3 rings (SSSR count). The molecule has 0 radical (unpaired) electrons. The normalized spacial score (nSPS) is 20.6. The summed E-state index contributed by atoms with van der Waals surface area (Å²) in [6.45, 7) is 4.31. The molecule has 1 aliphatic heterocycles. The second-order valence-corrected chi connectivity index (χ2v) is 5.90. The molecule has 2 aromatic carbocycles. The van der Waals surface area contributed by atoms with Crippen molar-refractivity contribution in [2.24, 2.45) is 5.41 Å². The first-order chi connectivity index (χ1) is 10.7. The smallest absolute Gasteiger partial charge is 0.312 e. The molecule has 2 aromatic rings. The van der Waals surface area contributed by atoms with Gasteiger partial charge in [0.05, 0.1) is 12.0 Å². The van der Waals surface area contributed by atoms with E-state index in [1.54, 1.807) is 0 Å². The molecule has 1 aliphatic rings. The summed E-state index contributed by atoms with van der Waals surface area (Å²) in [4.78, 5) is 12.1. The van der Waals surface area contributed by atoms with Crippen LogP contribution in [0.4, 0.5) is 0 Å². The van der Waals surface area contributed by atoms with Crippen LogP contribution < -0.4 is 0 Å². The predicted molar refractivity (Wildman–Crippen MR) is 88.4 cm³/mol. The summed E-state index contributed by atoms with van der Waals surface area (Å²) in [5.74, 6) is -0.0838. The summed E-state index contributed by atoms with van der Waals surface area (Å²) in [5, 5.41) is 0. The third-order valence-electron chi connectivity index (χ3n) is 4.39. The van der Waals surface area contributed by atoms with Gasteiger partial charge in [0, 0.05) is 0 Å². The largest absolute Gasteiger partial charge is 0.465 e. The second kappa shape index (κ2) is 6.18. The highest BCUT2D eigenvalue weighted by atomic mass is 16.5. The summed E-state index contributed by atoms with van der Waals surface area (Å²) in [6.07, 6.45) is 3.99. The molecule has 2 heteroatoms. The lowest BCUT2D eigenvalue weighted by Crippen LogP contribution is -2.28. The number of allylic oxidation sites excluding steroid dienone is 1. The van der Waals surface area contributed by atoms with Crippen LogP contribution in [0.5, 0.6) is 0 Å². The topological polar surface area (TPSA) is 26.3 Å². The van der Waals surface area contributed by atoms with Crippen LogP contribution in [0, 0.1) is 5.41 Å². The zero-order valence-electron chi connectivity index (χ0n) is 12.6. The maximum Gasteiger partial charge on any atom is 0.312 e. The van der Waals surface area contributed by atoms with E-state index < -0.39 is 5.41 Å². The quantitative estimate of drug-likeness (QED) is 0.603. The maximum atomic E-state index is 12.1. The number of benzene rings is 2. The molecular formula is C20H20O2. The van der Waals surface area contributed by atoms with Gasteiger partial charge in [-0.25, -0.2) is 0 Å². The van der Waals surface area contributed by atoms with Gasteiger partial charge in [-0.05, 0) is 36.0 Å². The molecule has 1 heterocycles. The van der Waals surface area contributed by atoms with Crippen molar-refractivity contribution in [2.75, 3.05) is 6.61 Å². The monoisotopic (exact) mass is 292 g/mol. The second-order valence-electron chi connectivity index (χ2n) is 5.90. The minimum atomic E-state index is -0.421. The summed E-state index contributed by atoms with van der Waals surface area (Å²) in [7, 11) is 0. The number of rotatable bonds is 5. The van der Waals surface area contributed by atoms with Crippen LogP contribution in [0.15, 0.2) is 67.3 Å². The first-order valence-corrected chi connectivity index (χ1v) is 7.66. The van der Waals surface area contributed by atoms with Crippen LogP contribution in [-0.4, -0.2) is 12.6 Å². The Morgan fingerprint density at radius 1 is 1.05 bits per heavy atom. The summed E-state index contributed by atoms with van der Waals surface area (Å²) < 4.78 is 5.20. The van der Waals surface area contributed by atoms with E-state index in [9.17, 15) is 4.79 Å². The van der Waals surface area contributed by atoms with Gasteiger partial charge < -0.3 is 4.74 Å². The van der Waals surface area contributed by atoms with Crippen molar-refractivity contribution >= 4 is 5.97 Å². The molecule has 1 saturated heterocycles. The minimum absolute atomic E-state index is 0.0838. The predicted octanol–water partition coefficient (Wildman–Crippen LogP) is 4.41. The number of cyclic esters (lactones) is 1. The lowest BCUT2D eigenvalue weighted by atomic mass is 9.77. The molecule has 0 spiro atoms. The first kappa shape index (κ1) is 14.6. The number of hydrogen-bond donors (Lipinski definition) is 0. The van der Waals surface area contributed by atoms with Crippen LogP contribution in [0.2, 0.25) is 0 Å². The van der Waals surface area contributed by atoms with Crippen molar-refractivity contribution < 1.29 is 9.53 Å². The van der Waals surface area contributed by atoms with E-state index in [0.29, 0.717) is 19.4 Å². The van der Waals surface area contributed by atoms with Gasteiger partial charge >= 0.3 is 5.97 Å². The molecule has 0 saturated carbocycles. The van der Waals surface area contributed by atoms with E-state index in [4.69, 9.17) is 4.74 Å². The molecule has 112 valence electrons. The van der Waals surface area contributed by atoms with E-state index >= 15 is 0 Å². The third-order valence-corrected chi connectivity index (χ3v) is 4.39. The van der Waals surface area contributed by atoms with Gasteiger partial charge in [0.25, 0.3) is 0 Å². The molecule has 22 heavy (non-hydrogen) atoms. The fourth-order valence-electron chi connectivity index (χ4n) is 3.13. The van der Waals surface area contributed by atoms with Crippen molar-refractivity contribution in [1.82, 2.24) is 0 Å². The maximum absolute atomic E-state index is 12.1. The van der Waals surface area contributed by atoms with E-state index in [1.165, 1.54) is 16.7 Å². The molecule has 1 fully saturated rings. The molecule has 2 nitrogen and oxygen atoms in total. The van der Waals surface area contributed by atoms with Gasteiger partial charge in [0.15, 0.2) is 0 Å². The van der Waals surface area contributed by atoms with E-state index in [0.717, 1.165) is 6.42 Å². The highest BCUT2D eigenvalue weighted by molar-refractivity contribution is 5.79. The van der Waals surface area contributed by atoms with Crippen molar-refractivity contribution in [2.45, 2.75) is 19.3 Å². The lowest BCUT2D eigenvalue weighted by molar-refractivity contribution is -0.146. The minimum Gasteiger partial charge on any atom is -0.465 e. The zero-order valence-corrected chi connectivity index (χ0v) is 12.6. The molecule has 1 unspecified atom stereocenters. The fraction of sp³-hybridized carbons (Fsp3) is 0.250. The molecule has 0 amide bonds. The molecule has 0 aromatic heterocycles. The average Bonchev–Trinajstić information content (AvgIpc) is 2.90. The Labute approximate surface area is 131 Å². The Bertz CT molecular complexity index is 658. The Hall–Kier alpha value is -2.35. The average molecular weight is 292 g/mol. The summed E-state index contributed by atoms with van der Waals surface area (Å²) in [6, 6.07) is 18.7. The SMILES string of the molecule is C=CCC1(Cc2ccc(-c3ccccc3)cc2)CCOC1=O. The van der Waals surface area contributed by atoms with Gasteiger partial charge in [0.1, 0.15) is 0 Å². The van der Waals surface area contributed by atoms with Crippen LogP contribution in [0.1, 0.15) is 18.4 Å². The van der Waals surface area contributed by atoms with Crippen LogP contribution in [-0.2, 0) is 16.0 Å². The number of esters is 1. The highest BCUT2D eigenvalue weighted by Gasteiger charge is 2.43. The summed E-state index contributed by atoms with van der Waals surface area (Å²) in [5.41, 5.74) is 3.14. The van der Waals surface area contributed by atoms with Crippen molar-refractivity contribution in [3.63, 3.8) is 0 Å². The van der Waals surface area contributed by atoms with Crippen LogP contribution in [0.25, 0.3) is 11.1 Å².